The van der Waals surface area contributed by atoms with Crippen molar-refractivity contribution in [3.05, 3.63) is 22.6 Å². The molecule has 16 heavy (non-hydrogen) atoms. The van der Waals surface area contributed by atoms with Crippen molar-refractivity contribution in [1.29, 1.82) is 0 Å². The number of nitrogen functional groups attached to an aromatic ring is 1. The summed E-state index contributed by atoms with van der Waals surface area (Å²) in [6.45, 7) is 6.19. The Bertz CT molecular complexity index is 567. The van der Waals surface area contributed by atoms with Crippen LogP contribution in [0.25, 0.3) is 10.9 Å². The Morgan fingerprint density at radius 1 is 1.44 bits per heavy atom. The fraction of sp³-hybridized carbons (Fsp3) is 0.455. The molecule has 0 saturated carbocycles. The average molecular weight is 220 g/mol. The Morgan fingerprint density at radius 2 is 2.12 bits per heavy atom. The molecule has 0 aliphatic rings. The molecule has 0 amide bonds. The summed E-state index contributed by atoms with van der Waals surface area (Å²) in [6, 6.07) is 1.98. The lowest BCUT2D eigenvalue weighted by atomic mass is 10.1. The van der Waals surface area contributed by atoms with E-state index in [1.54, 1.807) is 10.8 Å². The molecule has 5 heteroatoms. The van der Waals surface area contributed by atoms with Crippen LogP contribution in [0.15, 0.2) is 17.1 Å². The maximum atomic E-state index is 12.2. The molecule has 2 aromatic heterocycles. The molecular weight excluding hydrogens is 204 g/mol. The average Bonchev–Trinajstić information content (AvgIpc) is 2.60. The first-order chi connectivity index (χ1) is 7.52. The number of anilines is 1. The summed E-state index contributed by atoms with van der Waals surface area (Å²) in [5, 5.41) is 7.06. The van der Waals surface area contributed by atoms with Crippen LogP contribution in [-0.4, -0.2) is 14.8 Å². The maximum absolute atomic E-state index is 12.2. The van der Waals surface area contributed by atoms with Crippen LogP contribution in [0.4, 0.5) is 5.82 Å². The highest BCUT2D eigenvalue weighted by atomic mass is 16.1. The Balaban J connectivity index is 2.69. The fourth-order valence-electron chi connectivity index (χ4n) is 1.71. The molecule has 0 unspecified atom stereocenters. The zero-order valence-corrected chi connectivity index (χ0v) is 9.69. The molecule has 0 aromatic carbocycles. The van der Waals surface area contributed by atoms with Gasteiger partial charge in [0, 0.05) is 12.2 Å². The Kier molecular flexibility index (Phi) is 2.46. The molecule has 0 spiro atoms. The van der Waals surface area contributed by atoms with Gasteiger partial charge in [0.2, 0.25) is 0 Å². The third-order valence-electron chi connectivity index (χ3n) is 3.08. The highest BCUT2D eigenvalue weighted by Gasteiger charge is 2.14. The van der Waals surface area contributed by atoms with Crippen molar-refractivity contribution in [1.82, 2.24) is 14.8 Å². The van der Waals surface area contributed by atoms with Crippen LogP contribution in [0.1, 0.15) is 26.8 Å². The Hall–Kier alpha value is -1.78. The number of aromatic amines is 1. The SMILES string of the molecule is CC(C)[C@H](C)n1ccc2[nH]nc(N)c2c1=O. The second-order valence-corrected chi connectivity index (χ2v) is 4.41. The monoisotopic (exact) mass is 220 g/mol. The zero-order chi connectivity index (χ0) is 11.9. The molecule has 0 radical (unpaired) electrons. The van der Waals surface area contributed by atoms with E-state index in [-0.39, 0.29) is 17.4 Å². The summed E-state index contributed by atoms with van der Waals surface area (Å²) < 4.78 is 1.71. The number of hydrogen-bond acceptors (Lipinski definition) is 3. The van der Waals surface area contributed by atoms with E-state index in [1.165, 1.54) is 0 Å². The predicted octanol–water partition coefficient (Wildman–Crippen LogP) is 1.52. The van der Waals surface area contributed by atoms with Gasteiger partial charge in [-0.3, -0.25) is 9.89 Å². The molecule has 1 atom stereocenters. The predicted molar refractivity (Wildman–Crippen MR) is 64.3 cm³/mol. The van der Waals surface area contributed by atoms with E-state index in [9.17, 15) is 4.79 Å². The second kappa shape index (κ2) is 3.66. The highest BCUT2D eigenvalue weighted by molar-refractivity contribution is 5.87. The van der Waals surface area contributed by atoms with Gasteiger partial charge < -0.3 is 10.3 Å². The summed E-state index contributed by atoms with van der Waals surface area (Å²) in [7, 11) is 0. The first-order valence-electron chi connectivity index (χ1n) is 5.37. The number of fused-ring (bicyclic) bond motifs is 1. The lowest BCUT2D eigenvalue weighted by Gasteiger charge is -2.18. The summed E-state index contributed by atoms with van der Waals surface area (Å²) >= 11 is 0. The molecular formula is C11H16N4O. The third-order valence-corrected chi connectivity index (χ3v) is 3.08. The summed E-state index contributed by atoms with van der Waals surface area (Å²) in [5.41, 5.74) is 6.28. The maximum Gasteiger partial charge on any atom is 0.264 e. The molecule has 0 aliphatic carbocycles. The normalized spacial score (nSPS) is 13.5. The summed E-state index contributed by atoms with van der Waals surface area (Å²) in [5.74, 6) is 0.661. The summed E-state index contributed by atoms with van der Waals surface area (Å²) in [6.07, 6.45) is 1.78. The van der Waals surface area contributed by atoms with Crippen molar-refractivity contribution >= 4 is 16.7 Å². The number of nitrogens with two attached hydrogens (primary N) is 1. The lowest BCUT2D eigenvalue weighted by molar-refractivity contribution is 0.400. The van der Waals surface area contributed by atoms with Gasteiger partial charge >= 0.3 is 0 Å². The number of H-pyrrole nitrogens is 1. The van der Waals surface area contributed by atoms with E-state index in [2.05, 4.69) is 24.0 Å². The standard InChI is InChI=1S/C11H16N4O/c1-6(2)7(3)15-5-4-8-9(11(15)16)10(12)14-13-8/h4-7H,1-3H3,(H3,12,13,14)/t7-/m0/s1. The second-order valence-electron chi connectivity index (χ2n) is 4.41. The smallest absolute Gasteiger partial charge is 0.264 e. The Labute approximate surface area is 93.3 Å². The molecule has 0 fully saturated rings. The number of rotatable bonds is 2. The van der Waals surface area contributed by atoms with Crippen LogP contribution in [0.5, 0.6) is 0 Å². The molecule has 0 bridgehead atoms. The van der Waals surface area contributed by atoms with E-state index in [4.69, 9.17) is 5.73 Å². The van der Waals surface area contributed by atoms with E-state index >= 15 is 0 Å². The van der Waals surface area contributed by atoms with Crippen molar-refractivity contribution in [2.45, 2.75) is 26.8 Å². The minimum Gasteiger partial charge on any atom is -0.382 e. The van der Waals surface area contributed by atoms with Gasteiger partial charge in [0.25, 0.3) is 5.56 Å². The van der Waals surface area contributed by atoms with Gasteiger partial charge in [-0.05, 0) is 18.9 Å². The Morgan fingerprint density at radius 3 is 2.75 bits per heavy atom. The molecule has 3 N–H and O–H groups in total. The van der Waals surface area contributed by atoms with E-state index in [1.807, 2.05) is 13.0 Å². The number of pyridine rings is 1. The molecule has 2 aromatic rings. The van der Waals surface area contributed by atoms with Crippen molar-refractivity contribution in [2.75, 3.05) is 5.73 Å². The van der Waals surface area contributed by atoms with Crippen molar-refractivity contribution < 1.29 is 0 Å². The fourth-order valence-corrected chi connectivity index (χ4v) is 1.71. The first-order valence-corrected chi connectivity index (χ1v) is 5.37. The third kappa shape index (κ3) is 1.48. The van der Waals surface area contributed by atoms with Gasteiger partial charge in [-0.2, -0.15) is 5.10 Å². The van der Waals surface area contributed by atoms with Crippen LogP contribution in [-0.2, 0) is 0 Å². The minimum absolute atomic E-state index is 0.0787. The topological polar surface area (TPSA) is 76.7 Å². The molecule has 5 nitrogen and oxygen atoms in total. The number of nitrogens with zero attached hydrogens (tertiary/aromatic N) is 2. The zero-order valence-electron chi connectivity index (χ0n) is 9.69. The van der Waals surface area contributed by atoms with Crippen molar-refractivity contribution in [2.24, 2.45) is 5.92 Å². The van der Waals surface area contributed by atoms with E-state index < -0.39 is 0 Å². The molecule has 86 valence electrons. The van der Waals surface area contributed by atoms with Gasteiger partial charge in [-0.15, -0.1) is 0 Å². The first kappa shape index (κ1) is 10.7. The van der Waals surface area contributed by atoms with Crippen LogP contribution < -0.4 is 11.3 Å². The molecule has 2 rings (SSSR count). The molecule has 2 heterocycles. The largest absolute Gasteiger partial charge is 0.382 e. The van der Waals surface area contributed by atoms with Crippen LogP contribution in [0, 0.1) is 5.92 Å². The number of nitrogens with one attached hydrogen (secondary N) is 1. The van der Waals surface area contributed by atoms with E-state index in [0.717, 1.165) is 0 Å². The number of aromatic nitrogens is 3. The van der Waals surface area contributed by atoms with Crippen LogP contribution in [0.2, 0.25) is 0 Å². The van der Waals surface area contributed by atoms with Crippen molar-refractivity contribution in [3.8, 4) is 0 Å². The highest BCUT2D eigenvalue weighted by Crippen LogP contribution is 2.18. The molecule has 0 saturated heterocycles. The summed E-state index contributed by atoms with van der Waals surface area (Å²) in [4.78, 5) is 12.2. The van der Waals surface area contributed by atoms with Gasteiger partial charge in [0.05, 0.1) is 5.52 Å². The number of hydrogen-bond donors (Lipinski definition) is 2. The van der Waals surface area contributed by atoms with Crippen molar-refractivity contribution in [3.63, 3.8) is 0 Å². The lowest BCUT2D eigenvalue weighted by Crippen LogP contribution is -2.25. The van der Waals surface area contributed by atoms with Gasteiger partial charge in [-0.1, -0.05) is 13.8 Å². The quantitative estimate of drug-likeness (QED) is 0.805. The van der Waals surface area contributed by atoms with Crippen LogP contribution >= 0.6 is 0 Å². The van der Waals surface area contributed by atoms with Gasteiger partial charge in [0.1, 0.15) is 5.39 Å². The minimum atomic E-state index is -0.0787. The van der Waals surface area contributed by atoms with Gasteiger partial charge in [0.15, 0.2) is 5.82 Å². The molecule has 0 aliphatic heterocycles. The van der Waals surface area contributed by atoms with Crippen LogP contribution in [0.3, 0.4) is 0 Å². The van der Waals surface area contributed by atoms with E-state index in [0.29, 0.717) is 16.8 Å². The van der Waals surface area contributed by atoms with Gasteiger partial charge in [-0.25, -0.2) is 0 Å².